The first-order valence-corrected chi connectivity index (χ1v) is 9.23. The molecule has 1 fully saturated rings. The minimum Gasteiger partial charge on any atom is -0.488 e. The van der Waals surface area contributed by atoms with Gasteiger partial charge in [0.15, 0.2) is 11.9 Å². The third-order valence-corrected chi connectivity index (χ3v) is 4.86. The lowest BCUT2D eigenvalue weighted by Gasteiger charge is -2.10. The Kier molecular flexibility index (Phi) is 4.18. The van der Waals surface area contributed by atoms with Crippen LogP contribution in [0.5, 0.6) is 5.75 Å². The third-order valence-electron chi connectivity index (χ3n) is 4.86. The molecule has 1 aliphatic rings. The molecule has 0 aliphatic carbocycles. The summed E-state index contributed by atoms with van der Waals surface area (Å²) in [5.74, 6) is 1.16. The van der Waals surface area contributed by atoms with Crippen molar-refractivity contribution in [2.75, 3.05) is 0 Å². The predicted octanol–water partition coefficient (Wildman–Crippen LogP) is 5.33. The molecule has 0 bridgehead atoms. The van der Waals surface area contributed by atoms with Gasteiger partial charge in [0.25, 0.3) is 0 Å². The number of para-hydroxylation sites is 2. The normalized spacial score (nSPS) is 18.1. The lowest BCUT2D eigenvalue weighted by Crippen LogP contribution is -2.10. The quantitative estimate of drug-likeness (QED) is 0.340. The van der Waals surface area contributed by atoms with Crippen LogP contribution in [0.4, 0.5) is 0 Å². The Morgan fingerprint density at radius 1 is 0.893 bits per heavy atom. The summed E-state index contributed by atoms with van der Waals surface area (Å²) in [6, 6.07) is 26.9. The van der Waals surface area contributed by atoms with Crippen molar-refractivity contribution in [2.24, 2.45) is 0 Å². The molecule has 4 aromatic rings. The average Bonchev–Trinajstić information content (AvgIpc) is 3.44. The van der Waals surface area contributed by atoms with Crippen LogP contribution < -0.4 is 4.74 Å². The van der Waals surface area contributed by atoms with Crippen molar-refractivity contribution in [3.05, 3.63) is 102 Å². The standard InChI is InChI=1S/C24H18O4/c25-22(24-23(28-24)21-14-17-10-4-6-12-19(17)27-21)18-11-5-7-13-20(18)26-15-16-8-2-1-3-9-16/h1-14,23-24H,15H2/t23-,24-/m0/s1. The maximum atomic E-state index is 13.0. The molecule has 2 heterocycles. The summed E-state index contributed by atoms with van der Waals surface area (Å²) in [4.78, 5) is 13.0. The molecule has 0 amide bonds. The van der Waals surface area contributed by atoms with Crippen LogP contribution in [0, 0.1) is 0 Å². The molecule has 2 atom stereocenters. The Balaban J connectivity index is 1.33. The van der Waals surface area contributed by atoms with E-state index in [2.05, 4.69) is 0 Å². The zero-order chi connectivity index (χ0) is 18.9. The number of carbonyl (C=O) groups excluding carboxylic acids is 1. The second-order valence-corrected chi connectivity index (χ2v) is 6.80. The summed E-state index contributed by atoms with van der Waals surface area (Å²) in [5.41, 5.74) is 2.38. The van der Waals surface area contributed by atoms with E-state index in [0.29, 0.717) is 23.7 Å². The molecule has 3 aromatic carbocycles. The Morgan fingerprint density at radius 2 is 1.64 bits per heavy atom. The zero-order valence-corrected chi connectivity index (χ0v) is 15.1. The molecule has 5 rings (SSSR count). The van der Waals surface area contributed by atoms with Crippen LogP contribution in [0.2, 0.25) is 0 Å². The van der Waals surface area contributed by atoms with Crippen LogP contribution in [0.3, 0.4) is 0 Å². The summed E-state index contributed by atoms with van der Waals surface area (Å²) in [7, 11) is 0. The van der Waals surface area contributed by atoms with Crippen LogP contribution in [-0.2, 0) is 11.3 Å². The van der Waals surface area contributed by atoms with Gasteiger partial charge in [-0.15, -0.1) is 0 Å². The van der Waals surface area contributed by atoms with Crippen LogP contribution in [0.25, 0.3) is 11.0 Å². The van der Waals surface area contributed by atoms with Crippen molar-refractivity contribution in [2.45, 2.75) is 18.8 Å². The summed E-state index contributed by atoms with van der Waals surface area (Å²) in [5, 5.41) is 1.01. The van der Waals surface area contributed by atoms with Crippen LogP contribution in [0.15, 0.2) is 89.3 Å². The van der Waals surface area contributed by atoms with Gasteiger partial charge in [0.1, 0.15) is 29.8 Å². The van der Waals surface area contributed by atoms with Crippen molar-refractivity contribution >= 4 is 16.8 Å². The molecule has 1 aromatic heterocycles. The number of epoxide rings is 1. The van der Waals surface area contributed by atoms with E-state index in [1.54, 1.807) is 6.07 Å². The number of carbonyl (C=O) groups is 1. The van der Waals surface area contributed by atoms with Gasteiger partial charge >= 0.3 is 0 Å². The summed E-state index contributed by atoms with van der Waals surface area (Å²) >= 11 is 0. The number of Topliss-reactive ketones (excluding diaryl/α,β-unsaturated/α-hetero) is 1. The topological polar surface area (TPSA) is 52.0 Å². The third kappa shape index (κ3) is 3.19. The van der Waals surface area contributed by atoms with Gasteiger partial charge in [0, 0.05) is 5.39 Å². The van der Waals surface area contributed by atoms with Gasteiger partial charge in [-0.05, 0) is 29.8 Å². The van der Waals surface area contributed by atoms with E-state index >= 15 is 0 Å². The Labute approximate surface area is 162 Å². The fourth-order valence-corrected chi connectivity index (χ4v) is 3.36. The molecular weight excluding hydrogens is 352 g/mol. The molecule has 28 heavy (non-hydrogen) atoms. The van der Waals surface area contributed by atoms with Gasteiger partial charge in [-0.25, -0.2) is 0 Å². The van der Waals surface area contributed by atoms with Crippen molar-refractivity contribution in [3.63, 3.8) is 0 Å². The molecule has 4 nitrogen and oxygen atoms in total. The van der Waals surface area contributed by atoms with E-state index in [1.165, 1.54) is 0 Å². The maximum Gasteiger partial charge on any atom is 0.198 e. The largest absolute Gasteiger partial charge is 0.488 e. The van der Waals surface area contributed by atoms with Crippen LogP contribution in [0.1, 0.15) is 27.8 Å². The van der Waals surface area contributed by atoms with Gasteiger partial charge < -0.3 is 13.9 Å². The number of furan rings is 1. The van der Waals surface area contributed by atoms with Gasteiger partial charge in [-0.2, -0.15) is 0 Å². The van der Waals surface area contributed by atoms with Crippen LogP contribution in [-0.4, -0.2) is 11.9 Å². The number of ketones is 1. The van der Waals surface area contributed by atoms with Gasteiger partial charge in [0.2, 0.25) is 0 Å². The van der Waals surface area contributed by atoms with E-state index in [0.717, 1.165) is 16.5 Å². The average molecular weight is 370 g/mol. The molecule has 4 heteroatoms. The lowest BCUT2D eigenvalue weighted by molar-refractivity contribution is 0.0949. The summed E-state index contributed by atoms with van der Waals surface area (Å²) in [6.45, 7) is 0.406. The van der Waals surface area contributed by atoms with Gasteiger partial charge in [0.05, 0.1) is 5.56 Å². The number of hydrogen-bond acceptors (Lipinski definition) is 4. The van der Waals surface area contributed by atoms with E-state index < -0.39 is 6.10 Å². The maximum absolute atomic E-state index is 13.0. The Hall–Kier alpha value is -3.37. The monoisotopic (exact) mass is 370 g/mol. The van der Waals surface area contributed by atoms with E-state index in [-0.39, 0.29) is 11.9 Å². The number of ether oxygens (including phenoxy) is 2. The van der Waals surface area contributed by atoms with Crippen LogP contribution >= 0.6 is 0 Å². The number of hydrogen-bond donors (Lipinski definition) is 0. The molecule has 0 unspecified atom stereocenters. The fourth-order valence-electron chi connectivity index (χ4n) is 3.36. The summed E-state index contributed by atoms with van der Waals surface area (Å²) < 4.78 is 17.4. The molecule has 0 N–H and O–H groups in total. The minimum atomic E-state index is -0.540. The van der Waals surface area contributed by atoms with Crippen molar-refractivity contribution in [1.29, 1.82) is 0 Å². The number of rotatable bonds is 6. The zero-order valence-electron chi connectivity index (χ0n) is 15.1. The van der Waals surface area contributed by atoms with Crippen molar-refractivity contribution in [1.82, 2.24) is 0 Å². The first-order valence-electron chi connectivity index (χ1n) is 9.23. The molecule has 1 saturated heterocycles. The second-order valence-electron chi connectivity index (χ2n) is 6.80. The molecule has 138 valence electrons. The van der Waals surface area contributed by atoms with E-state index in [1.807, 2.05) is 78.9 Å². The second kappa shape index (κ2) is 6.98. The first-order chi connectivity index (χ1) is 13.8. The number of fused-ring (bicyclic) bond motifs is 1. The van der Waals surface area contributed by atoms with E-state index in [4.69, 9.17) is 13.9 Å². The molecule has 1 aliphatic heterocycles. The fraction of sp³-hybridized carbons (Fsp3) is 0.125. The molecule has 0 saturated carbocycles. The van der Waals surface area contributed by atoms with E-state index in [9.17, 15) is 4.79 Å². The Morgan fingerprint density at radius 3 is 2.50 bits per heavy atom. The summed E-state index contributed by atoms with van der Waals surface area (Å²) in [6.07, 6.45) is -0.885. The molecular formula is C24H18O4. The van der Waals surface area contributed by atoms with Crippen molar-refractivity contribution < 1.29 is 18.7 Å². The lowest BCUT2D eigenvalue weighted by atomic mass is 10.0. The smallest absolute Gasteiger partial charge is 0.198 e. The van der Waals surface area contributed by atoms with Gasteiger partial charge in [-0.3, -0.25) is 4.79 Å². The van der Waals surface area contributed by atoms with Gasteiger partial charge in [-0.1, -0.05) is 60.7 Å². The highest BCUT2D eigenvalue weighted by molar-refractivity contribution is 6.03. The Bertz CT molecular complexity index is 1100. The highest BCUT2D eigenvalue weighted by Gasteiger charge is 2.49. The number of benzene rings is 3. The SMILES string of the molecule is O=C(c1ccccc1OCc1ccccc1)[C@@H]1O[C@H]1c1cc2ccccc2o1. The molecule has 0 radical (unpaired) electrons. The van der Waals surface area contributed by atoms with Crippen molar-refractivity contribution in [3.8, 4) is 5.75 Å². The first kappa shape index (κ1) is 16.8. The highest BCUT2D eigenvalue weighted by atomic mass is 16.6. The molecule has 0 spiro atoms. The predicted molar refractivity (Wildman–Crippen MR) is 105 cm³/mol. The minimum absolute atomic E-state index is 0.0888. The highest BCUT2D eigenvalue weighted by Crippen LogP contribution is 2.43.